The highest BCUT2D eigenvalue weighted by atomic mass is 32.1. The van der Waals surface area contributed by atoms with Crippen molar-refractivity contribution in [1.29, 1.82) is 0 Å². The van der Waals surface area contributed by atoms with Crippen LogP contribution in [-0.2, 0) is 4.67 Å². The third-order valence-electron chi connectivity index (χ3n) is 1.70. The summed E-state index contributed by atoms with van der Waals surface area (Å²) < 4.78 is 10.7. The number of ether oxygens (including phenoxy) is 1. The maximum atomic E-state index is 5.16. The molecule has 0 radical (unpaired) electrons. The monoisotopic (exact) mass is 214 g/mol. The second-order valence-electron chi connectivity index (χ2n) is 2.43. The number of hydrogen-bond donors (Lipinski definition) is 0. The zero-order valence-electron chi connectivity index (χ0n) is 6.87. The Labute approximate surface area is 82.8 Å². The second kappa shape index (κ2) is 3.58. The first kappa shape index (κ1) is 8.88. The predicted molar refractivity (Wildman–Crippen MR) is 54.7 cm³/mol. The lowest BCUT2D eigenvalue weighted by Gasteiger charge is -2.17. The molecule has 0 saturated heterocycles. The molecule has 0 saturated carbocycles. The van der Waals surface area contributed by atoms with Crippen LogP contribution in [-0.4, -0.2) is 11.7 Å². The molecule has 0 amide bonds. The van der Waals surface area contributed by atoms with E-state index in [-0.39, 0.29) is 8.81 Å². The van der Waals surface area contributed by atoms with E-state index in [1.165, 1.54) is 0 Å². The molecule has 0 N–H and O–H groups in total. The Balaban J connectivity index is 2.56. The summed E-state index contributed by atoms with van der Waals surface area (Å²) in [6.45, 7) is 0. The standard InChI is InChI=1S/C8H7O3PS/c1-9-5-3-2-4-6-7(5)8(13)12-11-10-6/h2-4,12H,1H3. The molecule has 3 nitrogen and oxygen atoms in total. The largest absolute Gasteiger partial charge is 0.496 e. The van der Waals surface area contributed by atoms with Gasteiger partial charge in [-0.25, -0.2) is 0 Å². The molecule has 1 aromatic rings. The van der Waals surface area contributed by atoms with Gasteiger partial charge in [0.2, 0.25) is 0 Å². The Bertz CT molecular complexity index is 339. The van der Waals surface area contributed by atoms with Crippen molar-refractivity contribution in [1.82, 2.24) is 0 Å². The number of methoxy groups -OCH3 is 1. The van der Waals surface area contributed by atoms with Gasteiger partial charge in [-0.2, -0.15) is 4.67 Å². The summed E-state index contributed by atoms with van der Waals surface area (Å²) >= 11 is 5.14. The minimum Gasteiger partial charge on any atom is -0.496 e. The van der Waals surface area contributed by atoms with Crippen LogP contribution < -0.4 is 9.62 Å². The van der Waals surface area contributed by atoms with E-state index in [4.69, 9.17) is 26.5 Å². The number of fused-ring (bicyclic) bond motifs is 1. The summed E-state index contributed by atoms with van der Waals surface area (Å²) in [5.41, 5.74) is 0.838. The zero-order chi connectivity index (χ0) is 9.26. The molecule has 1 aliphatic rings. The lowest BCUT2D eigenvalue weighted by molar-refractivity contribution is -0.0843. The molecule has 0 fully saturated rings. The fraction of sp³-hybridized carbons (Fsp3) is 0.125. The molecule has 0 bridgehead atoms. The van der Waals surface area contributed by atoms with E-state index in [9.17, 15) is 0 Å². The van der Waals surface area contributed by atoms with E-state index in [1.807, 2.05) is 12.1 Å². The minimum atomic E-state index is 0.0711. The smallest absolute Gasteiger partial charge is 0.178 e. The highest BCUT2D eigenvalue weighted by molar-refractivity contribution is 7.93. The maximum Gasteiger partial charge on any atom is 0.178 e. The van der Waals surface area contributed by atoms with E-state index in [2.05, 4.69) is 0 Å². The van der Waals surface area contributed by atoms with Gasteiger partial charge in [0.05, 0.1) is 17.3 Å². The van der Waals surface area contributed by atoms with Crippen molar-refractivity contribution in [3.63, 3.8) is 0 Å². The molecule has 68 valence electrons. The van der Waals surface area contributed by atoms with Crippen LogP contribution in [0.4, 0.5) is 0 Å². The van der Waals surface area contributed by atoms with E-state index in [0.29, 0.717) is 5.75 Å². The molecule has 1 atom stereocenters. The highest BCUT2D eigenvalue weighted by Crippen LogP contribution is 2.39. The van der Waals surface area contributed by atoms with Gasteiger partial charge in [0.1, 0.15) is 14.6 Å². The SMILES string of the molecule is COc1cccc2c1C(=S)POO2. The van der Waals surface area contributed by atoms with Crippen LogP contribution in [0.5, 0.6) is 11.5 Å². The predicted octanol–water partition coefficient (Wildman–Crippen LogP) is 2.29. The lowest BCUT2D eigenvalue weighted by atomic mass is 10.2. The molecule has 1 heterocycles. The topological polar surface area (TPSA) is 27.7 Å². The van der Waals surface area contributed by atoms with E-state index < -0.39 is 0 Å². The molecule has 1 aromatic carbocycles. The van der Waals surface area contributed by atoms with Crippen LogP contribution in [0.25, 0.3) is 0 Å². The van der Waals surface area contributed by atoms with Crippen LogP contribution in [0.2, 0.25) is 0 Å². The van der Waals surface area contributed by atoms with E-state index in [1.54, 1.807) is 13.2 Å². The first-order valence-electron chi connectivity index (χ1n) is 3.64. The summed E-state index contributed by atoms with van der Waals surface area (Å²) in [7, 11) is 1.68. The van der Waals surface area contributed by atoms with Crippen molar-refractivity contribution in [3.05, 3.63) is 23.8 Å². The minimum absolute atomic E-state index is 0.0711. The van der Waals surface area contributed by atoms with Gasteiger partial charge in [-0.05, 0) is 12.1 Å². The number of thiocarbonyl (C=S) groups is 1. The normalized spacial score (nSPS) is 16.5. The van der Waals surface area contributed by atoms with Crippen molar-refractivity contribution in [3.8, 4) is 11.5 Å². The Morgan fingerprint density at radius 2 is 2.31 bits per heavy atom. The third-order valence-corrected chi connectivity index (χ3v) is 2.76. The number of hydrogen-bond acceptors (Lipinski definition) is 4. The van der Waals surface area contributed by atoms with Gasteiger partial charge in [-0.15, -0.1) is 0 Å². The van der Waals surface area contributed by atoms with Crippen LogP contribution >= 0.6 is 21.0 Å². The summed E-state index contributed by atoms with van der Waals surface area (Å²) in [6, 6.07) is 5.48. The van der Waals surface area contributed by atoms with Gasteiger partial charge in [0, 0.05) is 0 Å². The van der Waals surface area contributed by atoms with Gasteiger partial charge in [-0.3, -0.25) is 0 Å². The Morgan fingerprint density at radius 1 is 1.46 bits per heavy atom. The van der Waals surface area contributed by atoms with E-state index in [0.717, 1.165) is 15.9 Å². The Morgan fingerprint density at radius 3 is 3.08 bits per heavy atom. The molecule has 0 aliphatic carbocycles. The van der Waals surface area contributed by atoms with Crippen molar-refractivity contribution in [2.45, 2.75) is 0 Å². The number of benzene rings is 1. The average molecular weight is 214 g/mol. The molecular formula is C8H7O3PS. The molecular weight excluding hydrogens is 207 g/mol. The van der Waals surface area contributed by atoms with Crippen LogP contribution in [0, 0.1) is 0 Å². The first-order chi connectivity index (χ1) is 6.33. The molecule has 2 rings (SSSR count). The molecule has 5 heteroatoms. The molecule has 0 aromatic heterocycles. The number of rotatable bonds is 1. The van der Waals surface area contributed by atoms with Gasteiger partial charge >= 0.3 is 0 Å². The summed E-state index contributed by atoms with van der Waals surface area (Å²) in [6.07, 6.45) is 0. The molecule has 1 aliphatic heterocycles. The fourth-order valence-electron chi connectivity index (χ4n) is 1.13. The van der Waals surface area contributed by atoms with Crippen LogP contribution in [0.3, 0.4) is 0 Å². The molecule has 0 spiro atoms. The quantitative estimate of drug-likeness (QED) is 0.407. The van der Waals surface area contributed by atoms with Gasteiger partial charge in [-0.1, -0.05) is 18.3 Å². The summed E-state index contributed by atoms with van der Waals surface area (Å²) in [5.74, 6) is 1.36. The second-order valence-corrected chi connectivity index (χ2v) is 4.07. The van der Waals surface area contributed by atoms with Crippen molar-refractivity contribution in [2.24, 2.45) is 0 Å². The summed E-state index contributed by atoms with van der Waals surface area (Å²) in [5, 5.41) is 0. The first-order valence-corrected chi connectivity index (χ1v) is 4.95. The van der Waals surface area contributed by atoms with Crippen molar-refractivity contribution >= 4 is 25.6 Å². The third kappa shape index (κ3) is 1.53. The lowest BCUT2D eigenvalue weighted by Crippen LogP contribution is -2.06. The van der Waals surface area contributed by atoms with Crippen molar-refractivity contribution < 1.29 is 14.3 Å². The highest BCUT2D eigenvalue weighted by Gasteiger charge is 2.20. The molecule has 1 unspecified atom stereocenters. The van der Waals surface area contributed by atoms with Crippen LogP contribution in [0.15, 0.2) is 18.2 Å². The fourth-order valence-corrected chi connectivity index (χ4v) is 1.99. The van der Waals surface area contributed by atoms with Gasteiger partial charge < -0.3 is 9.62 Å². The Kier molecular flexibility index (Phi) is 2.44. The zero-order valence-corrected chi connectivity index (χ0v) is 8.68. The average Bonchev–Trinajstić information content (AvgIpc) is 2.17. The Hall–Kier alpha value is -0.700. The van der Waals surface area contributed by atoms with Crippen molar-refractivity contribution in [2.75, 3.05) is 7.11 Å². The van der Waals surface area contributed by atoms with E-state index >= 15 is 0 Å². The maximum absolute atomic E-state index is 5.16. The van der Waals surface area contributed by atoms with Crippen LogP contribution in [0.1, 0.15) is 5.56 Å². The summed E-state index contributed by atoms with van der Waals surface area (Å²) in [4.78, 5) is 4.98. The molecule has 13 heavy (non-hydrogen) atoms. The van der Waals surface area contributed by atoms with Gasteiger partial charge in [0.25, 0.3) is 0 Å². The van der Waals surface area contributed by atoms with Gasteiger partial charge in [0.15, 0.2) is 5.75 Å².